The summed E-state index contributed by atoms with van der Waals surface area (Å²) in [7, 11) is 0. The van der Waals surface area contributed by atoms with Crippen LogP contribution in [0.1, 0.15) is 131 Å². The Kier molecular flexibility index (Phi) is 19.2. The van der Waals surface area contributed by atoms with Gasteiger partial charge in [0, 0.05) is 39.3 Å². The number of nitrogens with zero attached hydrogens (tertiary/aromatic N) is 4. The zero-order chi connectivity index (χ0) is 55.6. The Morgan fingerprint density at radius 1 is 0.487 bits per heavy atom. The molecule has 0 unspecified atom stereocenters. The number of ether oxygens (including phenoxy) is 2. The van der Waals surface area contributed by atoms with Crippen LogP contribution >= 0.6 is 0 Å². The molecule has 14 heteroatoms. The van der Waals surface area contributed by atoms with Gasteiger partial charge in [0.1, 0.15) is 35.4 Å². The molecule has 2 heterocycles. The van der Waals surface area contributed by atoms with Gasteiger partial charge in [-0.3, -0.25) is 19.2 Å². The zero-order valence-corrected chi connectivity index (χ0v) is 47.2. The highest BCUT2D eigenvalue weighted by Gasteiger charge is 2.45. The van der Waals surface area contributed by atoms with Gasteiger partial charge in [-0.2, -0.15) is 0 Å². The summed E-state index contributed by atoms with van der Waals surface area (Å²) < 4.78 is 11.1. The molecule has 2 N–H and O–H groups in total. The molecule has 2 fully saturated rings. The molecule has 6 amide bonds. The number of hydrogen-bond acceptors (Lipinski definition) is 8. The summed E-state index contributed by atoms with van der Waals surface area (Å²) >= 11 is 0. The summed E-state index contributed by atoms with van der Waals surface area (Å²) in [6.45, 7) is 24.4. The Hall–Kier alpha value is -6.70. The monoisotopic (exact) mass is 1040 g/mol. The number of nitrogens with one attached hydrogen (secondary N) is 2. The standard InChI is InChI=1S/C62H84N6O8/c1-59(2,3)51(63-57(73)75-61(7,8)9)55(71)67-37-19-25-49(67)53(69)65(39-35-43-21-15-13-16-22-43)41-45-27-31-47(32-28-45)48-33-29-46(30-34-48)42-66(40-36-44-23-17-14-18-24-44)54(70)50-26-20-38-68(50)56(72)52(60(4,5)6)64-58(74)76-62(10,11)12/h13-18,21-24,27-34,49-52H,19-20,25-26,35-42H2,1-12H3,(H,63,73)(H,64,74)/t49-,50-,51+,52+/m0/s1. The minimum absolute atomic E-state index is 0.126. The highest BCUT2D eigenvalue weighted by molar-refractivity contribution is 5.93. The largest absolute Gasteiger partial charge is 0.444 e. The summed E-state index contributed by atoms with van der Waals surface area (Å²) in [4.78, 5) is 91.2. The highest BCUT2D eigenvalue weighted by atomic mass is 16.6. The molecule has 14 nitrogen and oxygen atoms in total. The van der Waals surface area contributed by atoms with E-state index in [0.29, 0.717) is 77.8 Å². The molecule has 0 spiro atoms. The lowest BCUT2D eigenvalue weighted by molar-refractivity contribution is -0.146. The van der Waals surface area contributed by atoms with Crippen LogP contribution in [0.25, 0.3) is 11.1 Å². The summed E-state index contributed by atoms with van der Waals surface area (Å²) in [5, 5.41) is 5.65. The molecule has 4 aromatic rings. The number of carbonyl (C=O) groups excluding carboxylic acids is 6. The van der Waals surface area contributed by atoms with E-state index in [-0.39, 0.29) is 23.6 Å². The van der Waals surface area contributed by atoms with Gasteiger partial charge in [-0.25, -0.2) is 9.59 Å². The van der Waals surface area contributed by atoms with Crippen molar-refractivity contribution in [3.8, 4) is 11.1 Å². The van der Waals surface area contributed by atoms with Gasteiger partial charge < -0.3 is 39.7 Å². The van der Waals surface area contributed by atoms with Gasteiger partial charge in [-0.15, -0.1) is 0 Å². The van der Waals surface area contributed by atoms with Crippen molar-refractivity contribution in [2.75, 3.05) is 26.2 Å². The van der Waals surface area contributed by atoms with Crippen LogP contribution in [-0.4, -0.2) is 117 Å². The zero-order valence-electron chi connectivity index (χ0n) is 47.2. The van der Waals surface area contributed by atoms with Crippen molar-refractivity contribution in [3.63, 3.8) is 0 Å². The highest BCUT2D eigenvalue weighted by Crippen LogP contribution is 2.31. The number of rotatable bonds is 17. The Morgan fingerprint density at radius 2 is 0.816 bits per heavy atom. The fourth-order valence-corrected chi connectivity index (χ4v) is 9.87. The molecule has 2 saturated heterocycles. The maximum Gasteiger partial charge on any atom is 0.408 e. The minimum atomic E-state index is -0.902. The molecule has 0 aliphatic carbocycles. The molecule has 0 radical (unpaired) electrons. The van der Waals surface area contributed by atoms with E-state index in [2.05, 4.69) is 59.2 Å². The molecule has 76 heavy (non-hydrogen) atoms. The van der Waals surface area contributed by atoms with Gasteiger partial charge in [0.2, 0.25) is 23.6 Å². The Bertz CT molecular complexity index is 2410. The molecule has 4 atom stereocenters. The molecule has 2 aliphatic rings. The molecule has 0 aromatic heterocycles. The Morgan fingerprint density at radius 3 is 1.12 bits per heavy atom. The normalized spacial score (nSPS) is 16.8. The maximum absolute atomic E-state index is 14.7. The maximum atomic E-state index is 14.7. The van der Waals surface area contributed by atoms with Crippen molar-refractivity contribution in [2.45, 2.75) is 170 Å². The molecule has 6 rings (SSSR count). The van der Waals surface area contributed by atoms with Crippen LogP contribution in [0.5, 0.6) is 0 Å². The smallest absolute Gasteiger partial charge is 0.408 e. The van der Waals surface area contributed by atoms with E-state index in [4.69, 9.17) is 9.47 Å². The van der Waals surface area contributed by atoms with E-state index >= 15 is 0 Å². The predicted molar refractivity (Wildman–Crippen MR) is 298 cm³/mol. The van der Waals surface area contributed by atoms with E-state index < -0.39 is 58.4 Å². The van der Waals surface area contributed by atoms with Crippen LogP contribution < -0.4 is 10.6 Å². The second-order valence-corrected chi connectivity index (χ2v) is 24.7. The number of carbonyl (C=O) groups is 6. The molecular formula is C62H84N6O8. The first-order valence-corrected chi connectivity index (χ1v) is 27.1. The van der Waals surface area contributed by atoms with Gasteiger partial charge in [0.05, 0.1) is 0 Å². The second-order valence-electron chi connectivity index (χ2n) is 24.7. The van der Waals surface area contributed by atoms with Crippen molar-refractivity contribution < 1.29 is 38.2 Å². The minimum Gasteiger partial charge on any atom is -0.444 e. The molecular weight excluding hydrogens is 957 g/mol. The topological polar surface area (TPSA) is 158 Å². The second kappa shape index (κ2) is 25.0. The van der Waals surface area contributed by atoms with E-state index in [0.717, 1.165) is 33.4 Å². The molecule has 410 valence electrons. The van der Waals surface area contributed by atoms with Gasteiger partial charge >= 0.3 is 12.2 Å². The SMILES string of the molecule is CC(C)(C)OC(=O)N[C@H](C(=O)N1CCC[C@H]1C(=O)N(CCc1ccccc1)Cc1ccc(-c2ccc(CN(CCc3ccccc3)C(=O)[C@@H]3CCCN3C(=O)[C@@H](NC(=O)OC(C)(C)C)C(C)(C)C)cc2)cc1)C(C)(C)C. The first-order chi connectivity index (χ1) is 35.7. The quantitative estimate of drug-likeness (QED) is 0.106. The summed E-state index contributed by atoms with van der Waals surface area (Å²) in [6, 6.07) is 33.3. The lowest BCUT2D eigenvalue weighted by Crippen LogP contribution is -2.58. The van der Waals surface area contributed by atoms with Crippen molar-refractivity contribution in [3.05, 3.63) is 131 Å². The lowest BCUT2D eigenvalue weighted by Gasteiger charge is -2.37. The van der Waals surface area contributed by atoms with Crippen molar-refractivity contribution in [1.82, 2.24) is 30.2 Å². The molecule has 0 saturated carbocycles. The van der Waals surface area contributed by atoms with E-state index in [1.54, 1.807) is 51.3 Å². The van der Waals surface area contributed by atoms with E-state index in [1.165, 1.54) is 0 Å². The third-order valence-electron chi connectivity index (χ3n) is 13.8. The van der Waals surface area contributed by atoms with E-state index in [1.807, 2.05) is 112 Å². The van der Waals surface area contributed by atoms with Crippen LogP contribution in [0.2, 0.25) is 0 Å². The van der Waals surface area contributed by atoms with Crippen molar-refractivity contribution in [1.29, 1.82) is 0 Å². The van der Waals surface area contributed by atoms with Crippen molar-refractivity contribution in [2.24, 2.45) is 10.8 Å². The lowest BCUT2D eigenvalue weighted by atomic mass is 9.85. The van der Waals surface area contributed by atoms with Crippen molar-refractivity contribution >= 4 is 35.8 Å². The van der Waals surface area contributed by atoms with Gasteiger partial charge in [0.15, 0.2) is 0 Å². The summed E-state index contributed by atoms with van der Waals surface area (Å²) in [5.41, 5.74) is 3.28. The van der Waals surface area contributed by atoms with Gasteiger partial charge in [0.25, 0.3) is 0 Å². The fraction of sp³-hybridized carbons (Fsp3) is 0.516. The van der Waals surface area contributed by atoms with Crippen LogP contribution in [-0.2, 0) is 54.6 Å². The average Bonchev–Trinajstić information content (AvgIpc) is 4.06. The van der Waals surface area contributed by atoms with Crippen LogP contribution in [0.15, 0.2) is 109 Å². The van der Waals surface area contributed by atoms with Crippen LogP contribution in [0, 0.1) is 10.8 Å². The van der Waals surface area contributed by atoms with Crippen LogP contribution in [0.3, 0.4) is 0 Å². The number of likely N-dealkylation sites (tertiary alicyclic amines) is 2. The number of hydrogen-bond donors (Lipinski definition) is 2. The first kappa shape index (κ1) is 58.6. The summed E-state index contributed by atoms with van der Waals surface area (Å²) in [5.74, 6) is -0.850. The van der Waals surface area contributed by atoms with Crippen LogP contribution in [0.4, 0.5) is 9.59 Å². The molecule has 4 aromatic carbocycles. The average molecular weight is 1040 g/mol. The fourth-order valence-electron chi connectivity index (χ4n) is 9.87. The number of benzene rings is 4. The Balaban J connectivity index is 1.18. The predicted octanol–water partition coefficient (Wildman–Crippen LogP) is 10.4. The van der Waals surface area contributed by atoms with Gasteiger partial charge in [-0.1, -0.05) is 151 Å². The Labute approximate surface area is 452 Å². The molecule has 0 bridgehead atoms. The number of amides is 6. The third kappa shape index (κ3) is 16.6. The van der Waals surface area contributed by atoms with Gasteiger partial charge in [-0.05, 0) is 124 Å². The summed E-state index contributed by atoms with van der Waals surface area (Å²) in [6.07, 6.45) is 2.31. The third-order valence-corrected chi connectivity index (χ3v) is 13.8. The number of alkyl carbamates (subject to hydrolysis) is 2. The molecule has 2 aliphatic heterocycles. The first-order valence-electron chi connectivity index (χ1n) is 27.1. The van der Waals surface area contributed by atoms with E-state index in [9.17, 15) is 28.8 Å².